The van der Waals surface area contributed by atoms with Crippen molar-refractivity contribution in [3.63, 3.8) is 0 Å². The van der Waals surface area contributed by atoms with Crippen LogP contribution in [0.5, 0.6) is 0 Å². The highest BCUT2D eigenvalue weighted by atomic mass is 16.5. The molecule has 4 rings (SSSR count). The maximum atomic E-state index is 6.08. The predicted octanol–water partition coefficient (Wildman–Crippen LogP) is 2.18. The maximum Gasteiger partial charge on any atom is 0.247 e. The fourth-order valence-electron chi connectivity index (χ4n) is 2.32. The van der Waals surface area contributed by atoms with Crippen LogP contribution in [0.15, 0.2) is 41.4 Å². The molecule has 21 heavy (non-hydrogen) atoms. The van der Waals surface area contributed by atoms with Crippen LogP contribution in [0.25, 0.3) is 17.1 Å². The molecule has 2 heterocycles. The van der Waals surface area contributed by atoms with Crippen molar-refractivity contribution in [3.05, 3.63) is 48.4 Å². The van der Waals surface area contributed by atoms with Gasteiger partial charge in [-0.1, -0.05) is 17.3 Å². The monoisotopic (exact) mass is 281 g/mol. The van der Waals surface area contributed by atoms with Crippen LogP contribution in [-0.4, -0.2) is 19.7 Å². The lowest BCUT2D eigenvalue weighted by atomic mass is 10.1. The van der Waals surface area contributed by atoms with E-state index >= 15 is 0 Å². The van der Waals surface area contributed by atoms with Gasteiger partial charge in [-0.05, 0) is 31.4 Å². The van der Waals surface area contributed by atoms with E-state index in [0.717, 1.165) is 29.7 Å². The summed E-state index contributed by atoms with van der Waals surface area (Å²) in [6, 6.07) is 6.05. The minimum Gasteiger partial charge on any atom is -0.337 e. The standard InChI is InChI=1S/C15H15N5O/c1-10-2-3-11(8-12(10)20-7-6-17-9-20)13-18-14(21-19-13)15(16)4-5-15/h2-3,6-9H,4-5,16H2,1H3. The second kappa shape index (κ2) is 4.26. The normalized spacial score (nSPS) is 16.1. The van der Waals surface area contributed by atoms with E-state index in [9.17, 15) is 0 Å². The Bertz CT molecular complexity index is 786. The van der Waals surface area contributed by atoms with Crippen LogP contribution in [0.2, 0.25) is 0 Å². The van der Waals surface area contributed by atoms with E-state index in [0.29, 0.717) is 11.7 Å². The number of imidazole rings is 1. The first-order valence-electron chi connectivity index (χ1n) is 6.88. The number of benzene rings is 1. The molecule has 0 unspecified atom stereocenters. The van der Waals surface area contributed by atoms with Gasteiger partial charge in [-0.3, -0.25) is 0 Å². The molecule has 6 heteroatoms. The van der Waals surface area contributed by atoms with Crippen molar-refractivity contribution in [2.45, 2.75) is 25.3 Å². The molecule has 0 radical (unpaired) electrons. The Morgan fingerprint density at radius 3 is 2.90 bits per heavy atom. The summed E-state index contributed by atoms with van der Waals surface area (Å²) >= 11 is 0. The van der Waals surface area contributed by atoms with E-state index < -0.39 is 5.54 Å². The summed E-state index contributed by atoms with van der Waals surface area (Å²) in [5.74, 6) is 1.10. The van der Waals surface area contributed by atoms with Gasteiger partial charge in [-0.25, -0.2) is 4.98 Å². The van der Waals surface area contributed by atoms with E-state index in [2.05, 4.69) is 22.0 Å². The largest absolute Gasteiger partial charge is 0.337 e. The summed E-state index contributed by atoms with van der Waals surface area (Å²) in [6.07, 6.45) is 7.25. The molecule has 6 nitrogen and oxygen atoms in total. The molecule has 106 valence electrons. The zero-order chi connectivity index (χ0) is 14.4. The number of nitrogens with two attached hydrogens (primary N) is 1. The Labute approximate surface area is 121 Å². The summed E-state index contributed by atoms with van der Waals surface area (Å²) < 4.78 is 7.26. The van der Waals surface area contributed by atoms with Crippen molar-refractivity contribution in [2.24, 2.45) is 5.73 Å². The fourth-order valence-corrected chi connectivity index (χ4v) is 2.32. The Kier molecular flexibility index (Phi) is 2.49. The first-order chi connectivity index (χ1) is 10.2. The predicted molar refractivity (Wildman–Crippen MR) is 76.7 cm³/mol. The van der Waals surface area contributed by atoms with E-state index in [-0.39, 0.29) is 0 Å². The summed E-state index contributed by atoms with van der Waals surface area (Å²) in [7, 11) is 0. The molecule has 0 atom stereocenters. The average Bonchev–Trinajstić information content (AvgIpc) is 2.96. The molecule has 0 saturated heterocycles. The molecule has 0 bridgehead atoms. The number of rotatable bonds is 3. The highest BCUT2D eigenvalue weighted by Gasteiger charge is 2.45. The number of nitrogens with zero attached hydrogens (tertiary/aromatic N) is 4. The molecule has 0 spiro atoms. The Hall–Kier alpha value is -2.47. The minimum atomic E-state index is -0.400. The van der Waals surface area contributed by atoms with Gasteiger partial charge in [0.25, 0.3) is 0 Å². The van der Waals surface area contributed by atoms with Crippen LogP contribution in [0.1, 0.15) is 24.3 Å². The van der Waals surface area contributed by atoms with Crippen molar-refractivity contribution < 1.29 is 4.52 Å². The Morgan fingerprint density at radius 1 is 1.33 bits per heavy atom. The van der Waals surface area contributed by atoms with Gasteiger partial charge >= 0.3 is 0 Å². The number of hydrogen-bond acceptors (Lipinski definition) is 5. The molecule has 1 fully saturated rings. The fraction of sp³-hybridized carbons (Fsp3) is 0.267. The molecule has 0 amide bonds. The van der Waals surface area contributed by atoms with E-state index in [1.807, 2.05) is 29.0 Å². The number of aryl methyl sites for hydroxylation is 1. The van der Waals surface area contributed by atoms with Crippen LogP contribution < -0.4 is 5.73 Å². The third-order valence-electron chi connectivity index (χ3n) is 3.89. The average molecular weight is 281 g/mol. The zero-order valence-electron chi connectivity index (χ0n) is 11.7. The van der Waals surface area contributed by atoms with Gasteiger partial charge in [0.1, 0.15) is 0 Å². The lowest BCUT2D eigenvalue weighted by Gasteiger charge is -2.07. The van der Waals surface area contributed by atoms with Crippen molar-refractivity contribution >= 4 is 0 Å². The van der Waals surface area contributed by atoms with Crippen LogP contribution >= 0.6 is 0 Å². The van der Waals surface area contributed by atoms with Crippen molar-refractivity contribution in [1.29, 1.82) is 0 Å². The quantitative estimate of drug-likeness (QED) is 0.795. The van der Waals surface area contributed by atoms with Crippen molar-refractivity contribution in [3.8, 4) is 17.1 Å². The molecule has 2 N–H and O–H groups in total. The summed E-state index contributed by atoms with van der Waals surface area (Å²) in [5.41, 5.74) is 8.79. The lowest BCUT2D eigenvalue weighted by molar-refractivity contribution is 0.348. The Morgan fingerprint density at radius 2 is 2.19 bits per heavy atom. The smallest absolute Gasteiger partial charge is 0.247 e. The third kappa shape index (κ3) is 2.04. The van der Waals surface area contributed by atoms with Crippen LogP contribution in [0.4, 0.5) is 0 Å². The van der Waals surface area contributed by atoms with Gasteiger partial charge in [0.05, 0.1) is 17.6 Å². The van der Waals surface area contributed by atoms with Crippen LogP contribution in [0, 0.1) is 6.92 Å². The first kappa shape index (κ1) is 12.3. The molecular formula is C15H15N5O. The summed E-state index contributed by atoms with van der Waals surface area (Å²) in [6.45, 7) is 2.06. The lowest BCUT2D eigenvalue weighted by Crippen LogP contribution is -2.18. The number of aromatic nitrogens is 4. The zero-order valence-corrected chi connectivity index (χ0v) is 11.7. The van der Waals surface area contributed by atoms with E-state index in [4.69, 9.17) is 10.3 Å². The highest BCUT2D eigenvalue weighted by Crippen LogP contribution is 2.42. The minimum absolute atomic E-state index is 0.400. The van der Waals surface area contributed by atoms with Crippen molar-refractivity contribution in [2.75, 3.05) is 0 Å². The topological polar surface area (TPSA) is 82.8 Å². The number of hydrogen-bond donors (Lipinski definition) is 1. The third-order valence-corrected chi connectivity index (χ3v) is 3.89. The molecule has 0 aliphatic heterocycles. The van der Waals surface area contributed by atoms with Gasteiger partial charge in [-0.15, -0.1) is 0 Å². The second-order valence-electron chi connectivity index (χ2n) is 5.55. The van der Waals surface area contributed by atoms with Gasteiger partial charge in [0.15, 0.2) is 0 Å². The molecule has 1 aromatic carbocycles. The van der Waals surface area contributed by atoms with E-state index in [1.54, 1.807) is 12.5 Å². The summed E-state index contributed by atoms with van der Waals surface area (Å²) in [4.78, 5) is 8.52. The van der Waals surface area contributed by atoms with E-state index in [1.165, 1.54) is 0 Å². The molecule has 1 aliphatic rings. The van der Waals surface area contributed by atoms with Gasteiger partial charge in [-0.2, -0.15) is 4.98 Å². The molecular weight excluding hydrogens is 266 g/mol. The van der Waals surface area contributed by atoms with Gasteiger partial charge in [0, 0.05) is 18.0 Å². The van der Waals surface area contributed by atoms with Crippen LogP contribution in [0.3, 0.4) is 0 Å². The SMILES string of the molecule is Cc1ccc(-c2noc(C3(N)CC3)n2)cc1-n1ccnc1. The van der Waals surface area contributed by atoms with Gasteiger partial charge in [0.2, 0.25) is 11.7 Å². The molecule has 2 aromatic heterocycles. The van der Waals surface area contributed by atoms with Crippen molar-refractivity contribution in [1.82, 2.24) is 19.7 Å². The maximum absolute atomic E-state index is 6.08. The second-order valence-corrected chi connectivity index (χ2v) is 5.55. The molecule has 3 aromatic rings. The Balaban J connectivity index is 1.75. The molecule has 1 aliphatic carbocycles. The summed E-state index contributed by atoms with van der Waals surface area (Å²) in [5, 5.41) is 4.05. The van der Waals surface area contributed by atoms with Crippen LogP contribution in [-0.2, 0) is 5.54 Å². The van der Waals surface area contributed by atoms with Gasteiger partial charge < -0.3 is 14.8 Å². The highest BCUT2D eigenvalue weighted by molar-refractivity contribution is 5.61. The first-order valence-corrected chi connectivity index (χ1v) is 6.88. The molecule has 1 saturated carbocycles.